The van der Waals surface area contributed by atoms with Crippen LogP contribution in [-0.4, -0.2) is 31.6 Å². The van der Waals surface area contributed by atoms with Crippen LogP contribution in [0, 0.1) is 0 Å². The number of aliphatic hydroxyl groups is 1. The summed E-state index contributed by atoms with van der Waals surface area (Å²) in [6, 6.07) is 9.92. The smallest absolute Gasteiger partial charge is 0.336 e. The summed E-state index contributed by atoms with van der Waals surface area (Å²) in [7, 11) is -4.14. The predicted molar refractivity (Wildman–Crippen MR) is 117 cm³/mol. The summed E-state index contributed by atoms with van der Waals surface area (Å²) in [5.74, 6) is -1.01. The Balaban J connectivity index is 1.80. The first-order valence-corrected chi connectivity index (χ1v) is 11.6. The number of hydrogen-bond acceptors (Lipinski definition) is 7. The summed E-state index contributed by atoms with van der Waals surface area (Å²) in [5.41, 5.74) is 0.0348. The Labute approximate surface area is 191 Å². The fourth-order valence-electron chi connectivity index (χ4n) is 2.75. The van der Waals surface area contributed by atoms with Gasteiger partial charge in [0.05, 0.1) is 11.0 Å². The van der Waals surface area contributed by atoms with Gasteiger partial charge in [0.25, 0.3) is 0 Å². The van der Waals surface area contributed by atoms with Gasteiger partial charge in [0.1, 0.15) is 18.2 Å². The van der Waals surface area contributed by atoms with Crippen LogP contribution in [0.5, 0.6) is 0 Å². The van der Waals surface area contributed by atoms with E-state index in [0.717, 1.165) is 0 Å². The van der Waals surface area contributed by atoms with Crippen molar-refractivity contribution in [2.75, 3.05) is 0 Å². The normalized spacial score (nSPS) is 13.7. The molecule has 1 aromatic heterocycles. The monoisotopic (exact) mass is 529 g/mol. The molecule has 0 unspecified atom stereocenters. The molecule has 11 heteroatoms. The van der Waals surface area contributed by atoms with E-state index in [-0.39, 0.29) is 11.5 Å². The highest BCUT2D eigenvalue weighted by Gasteiger charge is 2.31. The van der Waals surface area contributed by atoms with Crippen LogP contribution in [0.3, 0.4) is 0 Å². The molecule has 0 amide bonds. The van der Waals surface area contributed by atoms with Crippen molar-refractivity contribution >= 4 is 54.5 Å². The highest BCUT2D eigenvalue weighted by atomic mass is 79.9. The number of benzene rings is 2. The number of esters is 1. The number of carbonyl (C=O) groups excluding carboxylic acids is 1. The number of aliphatic hydroxyl groups excluding tert-OH is 1. The lowest BCUT2D eigenvalue weighted by atomic mass is 10.1. The lowest BCUT2D eigenvalue weighted by Crippen LogP contribution is -2.48. The standard InChI is InChI=1S/C20H17BrClNO7S/c1-11(24)19(23-31(27,28)15-5-3-14(22)4-6-15)20(26)29-10-12-8-18(25)30-17-9-13(21)2-7-16(12)17/h2-9,11,19,23-24H,10H2,1H3/t11-,19-/m0/s1. The van der Waals surface area contributed by atoms with Crippen molar-refractivity contribution in [2.45, 2.75) is 30.6 Å². The van der Waals surface area contributed by atoms with E-state index in [0.29, 0.717) is 26.0 Å². The highest BCUT2D eigenvalue weighted by Crippen LogP contribution is 2.22. The summed E-state index contributed by atoms with van der Waals surface area (Å²) in [4.78, 5) is 24.2. The van der Waals surface area contributed by atoms with Crippen LogP contribution in [0.1, 0.15) is 12.5 Å². The number of halogens is 2. The van der Waals surface area contributed by atoms with Gasteiger partial charge in [-0.15, -0.1) is 0 Å². The second kappa shape index (κ2) is 9.49. The molecule has 2 aromatic carbocycles. The van der Waals surface area contributed by atoms with Crippen molar-refractivity contribution in [3.63, 3.8) is 0 Å². The second-order valence-corrected chi connectivity index (χ2v) is 9.70. The summed E-state index contributed by atoms with van der Waals surface area (Å²) in [6.45, 7) is 0.925. The number of ether oxygens (including phenoxy) is 1. The van der Waals surface area contributed by atoms with Crippen molar-refractivity contribution in [3.05, 3.63) is 74.0 Å². The Morgan fingerprint density at radius 1 is 1.23 bits per heavy atom. The summed E-state index contributed by atoms with van der Waals surface area (Å²) in [5, 5.41) is 10.9. The van der Waals surface area contributed by atoms with E-state index < -0.39 is 33.8 Å². The van der Waals surface area contributed by atoms with Gasteiger partial charge in [-0.05, 0) is 49.4 Å². The maximum absolute atomic E-state index is 12.6. The van der Waals surface area contributed by atoms with Crippen LogP contribution in [-0.2, 0) is 26.2 Å². The molecule has 0 aliphatic carbocycles. The molecule has 0 aliphatic rings. The molecule has 0 bridgehead atoms. The molecule has 8 nitrogen and oxygen atoms in total. The molecular weight excluding hydrogens is 514 g/mol. The molecule has 3 rings (SSSR count). The molecule has 3 aromatic rings. The van der Waals surface area contributed by atoms with Crippen molar-refractivity contribution in [1.82, 2.24) is 4.72 Å². The van der Waals surface area contributed by atoms with Crippen LogP contribution in [0.2, 0.25) is 5.02 Å². The zero-order chi connectivity index (χ0) is 22.8. The summed E-state index contributed by atoms with van der Waals surface area (Å²) < 4.78 is 38.3. The van der Waals surface area contributed by atoms with Crippen LogP contribution in [0.25, 0.3) is 11.0 Å². The zero-order valence-electron chi connectivity index (χ0n) is 16.0. The molecule has 0 saturated carbocycles. The third kappa shape index (κ3) is 5.72. The Kier molecular flexibility index (Phi) is 7.17. The fourth-order valence-corrected chi connectivity index (χ4v) is 4.48. The van der Waals surface area contributed by atoms with Gasteiger partial charge < -0.3 is 14.3 Å². The molecule has 0 spiro atoms. The minimum absolute atomic E-state index is 0.132. The van der Waals surface area contributed by atoms with Gasteiger partial charge in [-0.2, -0.15) is 4.72 Å². The van der Waals surface area contributed by atoms with Crippen molar-refractivity contribution < 1.29 is 27.5 Å². The molecule has 2 atom stereocenters. The lowest BCUT2D eigenvalue weighted by molar-refractivity contribution is -0.149. The van der Waals surface area contributed by atoms with E-state index in [4.69, 9.17) is 20.8 Å². The fraction of sp³-hybridized carbons (Fsp3) is 0.200. The van der Waals surface area contributed by atoms with Gasteiger partial charge in [-0.3, -0.25) is 4.79 Å². The highest BCUT2D eigenvalue weighted by molar-refractivity contribution is 9.10. The third-order valence-corrected chi connectivity index (χ3v) is 6.51. The number of rotatable bonds is 7. The van der Waals surface area contributed by atoms with Crippen LogP contribution < -0.4 is 10.3 Å². The largest absolute Gasteiger partial charge is 0.460 e. The number of nitrogens with one attached hydrogen (secondary N) is 1. The molecule has 0 aliphatic heterocycles. The first-order valence-electron chi connectivity index (χ1n) is 8.92. The van der Waals surface area contributed by atoms with Crippen LogP contribution in [0.15, 0.2) is 67.1 Å². The van der Waals surface area contributed by atoms with Gasteiger partial charge in [0.15, 0.2) is 0 Å². The molecule has 31 heavy (non-hydrogen) atoms. The first kappa shape index (κ1) is 23.4. The summed E-state index contributed by atoms with van der Waals surface area (Å²) >= 11 is 9.05. The SMILES string of the molecule is C[C@H](O)[C@H](NS(=O)(=O)c1ccc(Cl)cc1)C(=O)OCc1cc(=O)oc2cc(Br)ccc12. The maximum Gasteiger partial charge on any atom is 0.336 e. The number of hydrogen-bond donors (Lipinski definition) is 2. The van der Waals surface area contributed by atoms with Crippen molar-refractivity contribution in [1.29, 1.82) is 0 Å². The maximum atomic E-state index is 12.6. The molecule has 2 N–H and O–H groups in total. The topological polar surface area (TPSA) is 123 Å². The van der Waals surface area contributed by atoms with Crippen LogP contribution >= 0.6 is 27.5 Å². The van der Waals surface area contributed by atoms with E-state index >= 15 is 0 Å². The predicted octanol–water partition coefficient (Wildman–Crippen LogP) is 2.98. The molecular formula is C20H17BrClNO7S. The first-order chi connectivity index (χ1) is 14.6. The van der Waals surface area contributed by atoms with E-state index in [9.17, 15) is 23.1 Å². The van der Waals surface area contributed by atoms with Gasteiger partial charge in [-0.25, -0.2) is 13.2 Å². The number of carbonyl (C=O) groups is 1. The van der Waals surface area contributed by atoms with Crippen molar-refractivity contribution in [2.24, 2.45) is 0 Å². The number of fused-ring (bicyclic) bond motifs is 1. The van der Waals surface area contributed by atoms with Gasteiger partial charge >= 0.3 is 11.6 Å². The van der Waals surface area contributed by atoms with Gasteiger partial charge in [0, 0.05) is 26.5 Å². The van der Waals surface area contributed by atoms with E-state index in [1.54, 1.807) is 18.2 Å². The Morgan fingerprint density at radius 2 is 1.90 bits per heavy atom. The molecule has 0 radical (unpaired) electrons. The molecule has 0 fully saturated rings. The minimum atomic E-state index is -4.14. The molecule has 1 heterocycles. The second-order valence-electron chi connectivity index (χ2n) is 6.63. The minimum Gasteiger partial charge on any atom is -0.460 e. The van der Waals surface area contributed by atoms with Gasteiger partial charge in [0.2, 0.25) is 10.0 Å². The Morgan fingerprint density at radius 3 is 2.55 bits per heavy atom. The third-order valence-electron chi connectivity index (χ3n) is 4.30. The summed E-state index contributed by atoms with van der Waals surface area (Å²) in [6.07, 6.45) is -1.39. The van der Waals surface area contributed by atoms with Crippen LogP contribution in [0.4, 0.5) is 0 Å². The lowest BCUT2D eigenvalue weighted by Gasteiger charge is -2.20. The molecule has 0 saturated heterocycles. The average molecular weight is 531 g/mol. The van der Waals surface area contributed by atoms with E-state index in [1.165, 1.54) is 37.3 Å². The van der Waals surface area contributed by atoms with E-state index in [1.807, 2.05) is 0 Å². The number of sulfonamides is 1. The van der Waals surface area contributed by atoms with Gasteiger partial charge in [-0.1, -0.05) is 27.5 Å². The zero-order valence-corrected chi connectivity index (χ0v) is 19.2. The Hall–Kier alpha value is -2.24. The average Bonchev–Trinajstić information content (AvgIpc) is 2.69. The van der Waals surface area contributed by atoms with Crippen molar-refractivity contribution in [3.8, 4) is 0 Å². The quantitative estimate of drug-likeness (QED) is 0.356. The Bertz CT molecular complexity index is 1270. The van der Waals surface area contributed by atoms with E-state index in [2.05, 4.69) is 20.7 Å². The molecule has 164 valence electrons.